The van der Waals surface area contributed by atoms with Gasteiger partial charge in [0, 0.05) is 21.5 Å². The average Bonchev–Trinajstić information content (AvgIpc) is 2.25. The number of hydrogen-bond donors (Lipinski definition) is 1. The minimum atomic E-state index is -1.06. The summed E-state index contributed by atoms with van der Waals surface area (Å²) in [7, 11) is -1.06. The van der Waals surface area contributed by atoms with E-state index in [4.69, 9.17) is 0 Å². The molecule has 88 valence electrons. The summed E-state index contributed by atoms with van der Waals surface area (Å²) in [4.78, 5) is 1.67. The Labute approximate surface area is 100 Å². The normalized spacial score (nSPS) is 14.6. The fourth-order valence-corrected chi connectivity index (χ4v) is 2.04. The molecule has 0 saturated carbocycles. The van der Waals surface area contributed by atoms with E-state index >= 15 is 0 Å². The maximum Gasteiger partial charge on any atom is 0.0820 e. The van der Waals surface area contributed by atoms with Gasteiger partial charge in [0.15, 0.2) is 0 Å². The molecule has 3 heteroatoms. The lowest BCUT2D eigenvalue weighted by Crippen LogP contribution is -2.31. The molecule has 16 heavy (non-hydrogen) atoms. The summed E-state index contributed by atoms with van der Waals surface area (Å²) in [6, 6.07) is 9.48. The van der Waals surface area contributed by atoms with Crippen molar-refractivity contribution < 1.29 is 4.21 Å². The van der Waals surface area contributed by atoms with Crippen molar-refractivity contribution in [2.75, 3.05) is 0 Å². The smallest absolute Gasteiger partial charge is 0.0820 e. The number of hydrogen-bond acceptors (Lipinski definition) is 2. The van der Waals surface area contributed by atoms with Gasteiger partial charge in [0.2, 0.25) is 0 Å². The third kappa shape index (κ3) is 4.19. The predicted molar refractivity (Wildman–Crippen MR) is 69.5 cm³/mol. The third-order valence-electron chi connectivity index (χ3n) is 1.96. The van der Waals surface area contributed by atoms with E-state index < -0.39 is 10.8 Å². The molecule has 0 aliphatic rings. The molecule has 0 aliphatic carbocycles. The molecule has 1 rings (SSSR count). The van der Waals surface area contributed by atoms with E-state index in [2.05, 4.69) is 26.1 Å². The van der Waals surface area contributed by atoms with E-state index in [-0.39, 0.29) is 5.54 Å². The van der Waals surface area contributed by atoms with E-state index in [1.807, 2.05) is 43.5 Å². The molecule has 1 unspecified atom stereocenters. The molecule has 0 bridgehead atoms. The first-order chi connectivity index (χ1) is 7.40. The van der Waals surface area contributed by atoms with Gasteiger partial charge in [0.25, 0.3) is 0 Å². The van der Waals surface area contributed by atoms with Crippen molar-refractivity contribution in [3.05, 3.63) is 41.4 Å². The van der Waals surface area contributed by atoms with E-state index in [1.165, 1.54) is 0 Å². The topological polar surface area (TPSA) is 29.1 Å². The monoisotopic (exact) mass is 237 g/mol. The Kier molecular flexibility index (Phi) is 4.30. The van der Waals surface area contributed by atoms with Crippen LogP contribution in [0, 0.1) is 0 Å². The molecule has 1 aromatic rings. The van der Waals surface area contributed by atoms with E-state index in [1.54, 1.807) is 0 Å². The number of rotatable bonds is 3. The zero-order valence-electron chi connectivity index (χ0n) is 10.3. The Morgan fingerprint density at radius 2 is 1.81 bits per heavy atom. The van der Waals surface area contributed by atoms with Crippen LogP contribution in [0.15, 0.2) is 46.3 Å². The highest BCUT2D eigenvalue weighted by molar-refractivity contribution is 7.89. The lowest BCUT2D eigenvalue weighted by molar-refractivity contribution is 0.490. The van der Waals surface area contributed by atoms with Crippen LogP contribution in [-0.2, 0) is 10.8 Å². The van der Waals surface area contributed by atoms with Crippen molar-refractivity contribution in [3.8, 4) is 0 Å². The molecule has 0 saturated heterocycles. The summed E-state index contributed by atoms with van der Waals surface area (Å²) in [6.07, 6.45) is 1.84. The van der Waals surface area contributed by atoms with Gasteiger partial charge < -0.3 is 5.32 Å². The van der Waals surface area contributed by atoms with Crippen LogP contribution >= 0.6 is 0 Å². The van der Waals surface area contributed by atoms with Gasteiger partial charge in [0.05, 0.1) is 10.8 Å². The van der Waals surface area contributed by atoms with Crippen molar-refractivity contribution in [2.24, 2.45) is 0 Å². The van der Waals surface area contributed by atoms with E-state index in [0.29, 0.717) is 0 Å². The van der Waals surface area contributed by atoms with Crippen molar-refractivity contribution >= 4 is 10.8 Å². The highest BCUT2D eigenvalue weighted by Crippen LogP contribution is 2.13. The summed E-state index contributed by atoms with van der Waals surface area (Å²) >= 11 is 0. The Hall–Kier alpha value is -1.09. The molecule has 0 amide bonds. The zero-order valence-corrected chi connectivity index (χ0v) is 11.1. The van der Waals surface area contributed by atoms with Crippen LogP contribution in [0.1, 0.15) is 27.7 Å². The number of nitrogens with one attached hydrogen (secondary N) is 1. The van der Waals surface area contributed by atoms with Gasteiger partial charge in [0.1, 0.15) is 0 Å². The first-order valence-corrected chi connectivity index (χ1v) is 6.46. The lowest BCUT2D eigenvalue weighted by atomic mass is 10.1. The Morgan fingerprint density at radius 3 is 2.31 bits per heavy atom. The Bertz CT molecular complexity index is 390. The number of benzene rings is 1. The first-order valence-electron chi connectivity index (χ1n) is 5.31. The van der Waals surface area contributed by atoms with Gasteiger partial charge in [-0.25, -0.2) is 4.21 Å². The average molecular weight is 237 g/mol. The standard InChI is InChI=1S/C13H19NOS/c1-11(10-14-13(2,3)4)16(15)12-8-6-5-7-9-12/h5-10,14H,1-4H3. The fraction of sp³-hybridized carbons (Fsp3) is 0.385. The highest BCUT2D eigenvalue weighted by Gasteiger charge is 2.09. The van der Waals surface area contributed by atoms with Gasteiger partial charge >= 0.3 is 0 Å². The third-order valence-corrected chi connectivity index (χ3v) is 3.36. The van der Waals surface area contributed by atoms with Gasteiger partial charge in [-0.3, -0.25) is 0 Å². The van der Waals surface area contributed by atoms with Crippen LogP contribution in [0.25, 0.3) is 0 Å². The van der Waals surface area contributed by atoms with Crippen molar-refractivity contribution in [1.29, 1.82) is 0 Å². The van der Waals surface area contributed by atoms with Gasteiger partial charge in [-0.15, -0.1) is 0 Å². The van der Waals surface area contributed by atoms with Crippen LogP contribution in [0.2, 0.25) is 0 Å². The molecule has 0 fully saturated rings. The zero-order chi connectivity index (χ0) is 12.2. The maximum absolute atomic E-state index is 12.1. The van der Waals surface area contributed by atoms with Gasteiger partial charge in [-0.1, -0.05) is 18.2 Å². The van der Waals surface area contributed by atoms with Crippen LogP contribution in [0.4, 0.5) is 0 Å². The molecule has 1 N–H and O–H groups in total. The van der Waals surface area contributed by atoms with Crippen LogP contribution in [0.5, 0.6) is 0 Å². The fourth-order valence-electron chi connectivity index (χ4n) is 1.10. The largest absolute Gasteiger partial charge is 0.386 e. The minimum Gasteiger partial charge on any atom is -0.386 e. The van der Waals surface area contributed by atoms with E-state index in [0.717, 1.165) is 9.80 Å². The summed E-state index contributed by atoms with van der Waals surface area (Å²) in [6.45, 7) is 8.09. The Balaban J connectivity index is 2.76. The quantitative estimate of drug-likeness (QED) is 0.875. The predicted octanol–water partition coefficient (Wildman–Crippen LogP) is 3.04. The first kappa shape index (κ1) is 13.0. The second-order valence-electron chi connectivity index (χ2n) is 4.73. The van der Waals surface area contributed by atoms with Crippen LogP contribution < -0.4 is 5.32 Å². The van der Waals surface area contributed by atoms with Crippen molar-refractivity contribution in [2.45, 2.75) is 38.1 Å². The Morgan fingerprint density at radius 1 is 1.25 bits per heavy atom. The van der Waals surface area contributed by atoms with E-state index in [9.17, 15) is 4.21 Å². The lowest BCUT2D eigenvalue weighted by Gasteiger charge is -2.19. The second kappa shape index (κ2) is 5.30. The van der Waals surface area contributed by atoms with Gasteiger partial charge in [-0.2, -0.15) is 0 Å². The van der Waals surface area contributed by atoms with Gasteiger partial charge in [-0.05, 0) is 39.8 Å². The second-order valence-corrected chi connectivity index (χ2v) is 6.38. The molecule has 2 nitrogen and oxygen atoms in total. The molecule has 1 atom stereocenters. The molecular formula is C13H19NOS. The molecule has 1 aromatic carbocycles. The molecule has 0 heterocycles. The minimum absolute atomic E-state index is 0.00213. The highest BCUT2D eigenvalue weighted by atomic mass is 32.2. The van der Waals surface area contributed by atoms with Crippen molar-refractivity contribution in [1.82, 2.24) is 5.32 Å². The molecule has 0 radical (unpaired) electrons. The summed E-state index contributed by atoms with van der Waals surface area (Å²) in [5, 5.41) is 3.22. The van der Waals surface area contributed by atoms with Crippen LogP contribution in [-0.4, -0.2) is 9.75 Å². The summed E-state index contributed by atoms with van der Waals surface area (Å²) in [5.41, 5.74) is 0.00213. The summed E-state index contributed by atoms with van der Waals surface area (Å²) in [5.74, 6) is 0. The molecule has 0 aliphatic heterocycles. The van der Waals surface area contributed by atoms with Crippen LogP contribution in [0.3, 0.4) is 0 Å². The van der Waals surface area contributed by atoms with Crippen molar-refractivity contribution in [3.63, 3.8) is 0 Å². The molecular weight excluding hydrogens is 218 g/mol. The maximum atomic E-state index is 12.1. The SMILES string of the molecule is CC(=CNC(C)(C)C)S(=O)c1ccccc1. The number of allylic oxidation sites excluding steroid dienone is 1. The molecule has 0 aromatic heterocycles. The molecule has 0 spiro atoms. The summed E-state index contributed by atoms with van der Waals surface area (Å²) < 4.78 is 12.1.